The van der Waals surface area contributed by atoms with Crippen LogP contribution in [0.25, 0.3) is 0 Å². The smallest absolute Gasteiger partial charge is 0.328 e. The second-order valence-electron chi connectivity index (χ2n) is 1.19. The summed E-state index contributed by atoms with van der Waals surface area (Å²) in [6.07, 6.45) is 0. The maximum absolute atomic E-state index is 8.95. The molecule has 0 saturated carbocycles. The van der Waals surface area contributed by atoms with Crippen LogP contribution in [0, 0.1) is 0 Å². The molecule has 0 aromatic carbocycles. The summed E-state index contributed by atoms with van der Waals surface area (Å²) >= 11 is 7.64. The molecule has 0 radical (unpaired) electrons. The van der Waals surface area contributed by atoms with E-state index in [1.165, 1.54) is 0 Å². The second kappa shape index (κ2) is 3.85. The Morgan fingerprint density at radius 3 is 2.00 bits per heavy atom. The quantitative estimate of drug-likeness (QED) is 0.318. The average molecular weight is 240 g/mol. The lowest BCUT2D eigenvalue weighted by atomic mass is 12.0. The van der Waals surface area contributed by atoms with Crippen molar-refractivity contribution < 1.29 is 19.0 Å². The summed E-state index contributed by atoms with van der Waals surface area (Å²) in [5.74, 6) is 3.21. The Kier molecular flexibility index (Phi) is 4.37. The molecule has 0 spiro atoms. The highest BCUT2D eigenvalue weighted by molar-refractivity contribution is 8.62. The van der Waals surface area contributed by atoms with E-state index in [4.69, 9.17) is 14.7 Å². The van der Waals surface area contributed by atoms with Crippen LogP contribution in [0.3, 0.4) is 0 Å². The molecule has 0 aliphatic carbocycles. The monoisotopic (exact) mass is 240 g/mol. The molecule has 0 heterocycles. The Labute approximate surface area is 72.0 Å². The standard InChI is InChI=1S/CH6O4P2S3/c1-10-7(4,9)5-6(2,3)8/h4,9H,1H2,(H2,2,3,8). The van der Waals surface area contributed by atoms with Gasteiger partial charge in [0.1, 0.15) is 0 Å². The molecule has 0 rings (SSSR count). The molecular formula is CH6O4P2S3. The zero-order valence-corrected chi connectivity index (χ0v) is 8.93. The highest BCUT2D eigenvalue weighted by Gasteiger charge is 2.17. The third-order valence-corrected chi connectivity index (χ3v) is 6.32. The van der Waals surface area contributed by atoms with E-state index in [1.807, 2.05) is 0 Å². The molecule has 9 heteroatoms. The molecule has 0 bridgehead atoms. The first-order chi connectivity index (χ1) is 4.27. The molecule has 0 saturated heterocycles. The van der Waals surface area contributed by atoms with E-state index in [2.05, 4.69) is 34.2 Å². The molecule has 1 atom stereocenters. The Bertz CT molecular complexity index is 231. The molecule has 0 aromatic rings. The van der Waals surface area contributed by atoms with Gasteiger partial charge in [0.25, 0.3) is 0 Å². The van der Waals surface area contributed by atoms with Crippen molar-refractivity contribution in [1.29, 1.82) is 0 Å². The average Bonchev–Trinajstić information content (AvgIpc) is 1.60. The first-order valence-corrected chi connectivity index (χ1v) is 8.85. The van der Waals surface area contributed by atoms with Crippen molar-refractivity contribution in [3.8, 4) is 0 Å². The SMILES string of the molecule is C=S=P(O)(S)OP(O)(O)=S. The van der Waals surface area contributed by atoms with Crippen LogP contribution >= 0.6 is 24.7 Å². The normalized spacial score (nSPS) is 18.0. The first-order valence-electron chi connectivity index (χ1n) is 1.82. The van der Waals surface area contributed by atoms with Crippen LogP contribution in [0.5, 0.6) is 0 Å². The molecule has 3 N–H and O–H groups in total. The summed E-state index contributed by atoms with van der Waals surface area (Å²) in [6, 6.07) is 0. The maximum Gasteiger partial charge on any atom is 0.328 e. The third-order valence-electron chi connectivity index (χ3n) is 0.381. The molecule has 0 aromatic heterocycles. The molecule has 0 amide bonds. The van der Waals surface area contributed by atoms with Crippen LogP contribution in [-0.2, 0) is 26.6 Å². The van der Waals surface area contributed by atoms with Gasteiger partial charge in [0.15, 0.2) is 0 Å². The van der Waals surface area contributed by atoms with Crippen LogP contribution in [0.1, 0.15) is 0 Å². The first kappa shape index (κ1) is 11.4. The summed E-state index contributed by atoms with van der Waals surface area (Å²) in [5.41, 5.74) is -3.10. The molecule has 1 unspecified atom stereocenters. The van der Waals surface area contributed by atoms with E-state index < -0.39 is 12.4 Å². The number of rotatable bonds is 2. The van der Waals surface area contributed by atoms with Crippen LogP contribution in [0.4, 0.5) is 0 Å². The summed E-state index contributed by atoms with van der Waals surface area (Å²) in [6.45, 7) is -3.81. The van der Waals surface area contributed by atoms with Gasteiger partial charge in [0.05, 0.1) is 0 Å². The van der Waals surface area contributed by atoms with E-state index in [0.29, 0.717) is 10.5 Å². The zero-order chi connectivity index (χ0) is 8.41. The minimum absolute atomic E-state index is 0.654. The lowest BCUT2D eigenvalue weighted by Gasteiger charge is -2.12. The second-order valence-corrected chi connectivity index (χ2v) is 10.2. The molecule has 10 heavy (non-hydrogen) atoms. The molecule has 0 aliphatic rings. The van der Waals surface area contributed by atoms with Crippen molar-refractivity contribution in [2.75, 3.05) is 0 Å². The molecule has 0 aliphatic heterocycles. The Morgan fingerprint density at radius 2 is 1.90 bits per heavy atom. The van der Waals surface area contributed by atoms with E-state index >= 15 is 0 Å². The lowest BCUT2D eigenvalue weighted by molar-refractivity contribution is 0.370. The Balaban J connectivity index is 4.48. The topological polar surface area (TPSA) is 69.9 Å². The Morgan fingerprint density at radius 1 is 1.50 bits per heavy atom. The van der Waals surface area contributed by atoms with Gasteiger partial charge in [-0.15, -0.1) is 10.5 Å². The van der Waals surface area contributed by atoms with Crippen molar-refractivity contribution >= 4 is 52.9 Å². The van der Waals surface area contributed by atoms with Crippen molar-refractivity contribution in [2.45, 2.75) is 0 Å². The van der Waals surface area contributed by atoms with E-state index in [0.717, 1.165) is 0 Å². The molecular weight excluding hydrogens is 234 g/mol. The van der Waals surface area contributed by atoms with Gasteiger partial charge in [0, 0.05) is 0 Å². The van der Waals surface area contributed by atoms with Gasteiger partial charge in [-0.05, 0) is 17.7 Å². The predicted molar refractivity (Wildman–Crippen MR) is 52.4 cm³/mol. The minimum atomic E-state index is -3.81. The largest absolute Gasteiger partial charge is 0.338 e. The van der Waals surface area contributed by atoms with E-state index in [9.17, 15) is 0 Å². The van der Waals surface area contributed by atoms with E-state index in [1.54, 1.807) is 0 Å². The van der Waals surface area contributed by atoms with E-state index in [-0.39, 0.29) is 0 Å². The lowest BCUT2D eigenvalue weighted by Crippen LogP contribution is -1.80. The molecule has 62 valence electrons. The van der Waals surface area contributed by atoms with Crippen LogP contribution in [0.2, 0.25) is 0 Å². The summed E-state index contributed by atoms with van der Waals surface area (Å²) in [7, 11) is 0.654. The van der Waals surface area contributed by atoms with Crippen LogP contribution in [0.15, 0.2) is 0 Å². The summed E-state index contributed by atoms with van der Waals surface area (Å²) in [4.78, 5) is 26.0. The van der Waals surface area contributed by atoms with Gasteiger partial charge in [-0.3, -0.25) is 0 Å². The third kappa shape index (κ3) is 6.09. The summed E-state index contributed by atoms with van der Waals surface area (Å²) in [5, 5.41) is 0. The highest BCUT2D eigenvalue weighted by atomic mass is 32.9. The Hall–Kier alpha value is 1.36. The van der Waals surface area contributed by atoms with Gasteiger partial charge >= 0.3 is 6.72 Å². The van der Waals surface area contributed by atoms with Gasteiger partial charge in [-0.1, -0.05) is 12.2 Å². The van der Waals surface area contributed by atoms with Gasteiger partial charge in [-0.2, -0.15) is 0 Å². The maximum atomic E-state index is 8.95. The van der Waals surface area contributed by atoms with Gasteiger partial charge < -0.3 is 14.7 Å². The number of hydrogen-bond donors (Lipinski definition) is 4. The fraction of sp³-hybridized carbons (Fsp3) is 0. The summed E-state index contributed by atoms with van der Waals surface area (Å²) < 4.78 is 4.24. The molecule has 4 nitrogen and oxygen atoms in total. The van der Waals surface area contributed by atoms with Gasteiger partial charge in [-0.25, -0.2) is 4.31 Å². The fourth-order valence-corrected chi connectivity index (χ4v) is 5.33. The van der Waals surface area contributed by atoms with Crippen molar-refractivity contribution in [1.82, 2.24) is 0 Å². The predicted octanol–water partition coefficient (Wildman–Crippen LogP) is 0.326. The zero-order valence-electron chi connectivity index (χ0n) is 4.62. The number of thiol groups is 1. The highest BCUT2D eigenvalue weighted by Crippen LogP contribution is 2.60. The van der Waals surface area contributed by atoms with Gasteiger partial charge in [0.2, 0.25) is 5.69 Å². The minimum Gasteiger partial charge on any atom is -0.338 e. The van der Waals surface area contributed by atoms with Crippen molar-refractivity contribution in [2.24, 2.45) is 0 Å². The number of hydrogen-bond acceptors (Lipinski definition) is 2. The van der Waals surface area contributed by atoms with Crippen molar-refractivity contribution in [3.63, 3.8) is 0 Å². The van der Waals surface area contributed by atoms with Crippen LogP contribution < -0.4 is 0 Å². The molecule has 0 fully saturated rings. The fourth-order valence-electron chi connectivity index (χ4n) is 0.162. The van der Waals surface area contributed by atoms with Crippen molar-refractivity contribution in [3.05, 3.63) is 0 Å². The van der Waals surface area contributed by atoms with Crippen LogP contribution in [-0.4, -0.2) is 20.6 Å².